The molecule has 1 unspecified atom stereocenters. The molecule has 3 N–H and O–H groups in total. The van der Waals surface area contributed by atoms with Gasteiger partial charge in [0.15, 0.2) is 5.76 Å². The molecule has 0 radical (unpaired) electrons. The lowest BCUT2D eigenvalue weighted by molar-refractivity contribution is -0.123. The van der Waals surface area contributed by atoms with E-state index in [-0.39, 0.29) is 25.4 Å². The summed E-state index contributed by atoms with van der Waals surface area (Å²) < 4.78 is 10.1. The van der Waals surface area contributed by atoms with E-state index < -0.39 is 11.5 Å². The van der Waals surface area contributed by atoms with Crippen LogP contribution in [0.15, 0.2) is 42.4 Å². The Kier molecular flexibility index (Phi) is 3.53. The van der Waals surface area contributed by atoms with Gasteiger partial charge in [0.1, 0.15) is 11.9 Å². The van der Waals surface area contributed by atoms with Crippen LogP contribution in [-0.4, -0.2) is 23.4 Å². The predicted molar refractivity (Wildman–Crippen MR) is 64.0 cm³/mol. The fraction of sp³-hybridized carbons (Fsp3) is 0.308. The molecule has 0 spiro atoms. The third-order valence-corrected chi connectivity index (χ3v) is 2.74. The first-order chi connectivity index (χ1) is 8.60. The molecular formula is C13H15NO4. The summed E-state index contributed by atoms with van der Waals surface area (Å²) in [7, 11) is 0. The number of ether oxygens (including phenoxy) is 2. The Morgan fingerprint density at radius 3 is 2.67 bits per heavy atom. The number of aliphatic hydroxyl groups is 1. The first-order valence-corrected chi connectivity index (χ1v) is 5.60. The van der Waals surface area contributed by atoms with Gasteiger partial charge >= 0.3 is 0 Å². The van der Waals surface area contributed by atoms with E-state index in [1.54, 1.807) is 0 Å². The Bertz CT molecular complexity index is 457. The SMILES string of the molecule is NC(=O)CC(O)(Cc1ccccc1)C1=COCO1. The van der Waals surface area contributed by atoms with Crippen molar-refractivity contribution in [2.45, 2.75) is 18.4 Å². The highest BCUT2D eigenvalue weighted by Crippen LogP contribution is 2.29. The summed E-state index contributed by atoms with van der Waals surface area (Å²) >= 11 is 0. The van der Waals surface area contributed by atoms with Crippen LogP contribution < -0.4 is 5.73 Å². The molecule has 1 amide bonds. The zero-order valence-corrected chi connectivity index (χ0v) is 9.83. The van der Waals surface area contributed by atoms with E-state index in [4.69, 9.17) is 15.2 Å². The Balaban J connectivity index is 2.22. The van der Waals surface area contributed by atoms with E-state index in [0.29, 0.717) is 0 Å². The number of rotatable bonds is 5. The number of amides is 1. The first-order valence-electron chi connectivity index (χ1n) is 5.60. The van der Waals surface area contributed by atoms with Crippen LogP contribution in [-0.2, 0) is 20.7 Å². The maximum absolute atomic E-state index is 11.1. The van der Waals surface area contributed by atoms with Gasteiger partial charge in [0.2, 0.25) is 12.7 Å². The van der Waals surface area contributed by atoms with Crippen molar-refractivity contribution in [1.82, 2.24) is 0 Å². The summed E-state index contributed by atoms with van der Waals surface area (Å²) in [6.07, 6.45) is 1.36. The minimum Gasteiger partial charge on any atom is -0.461 e. The van der Waals surface area contributed by atoms with Gasteiger partial charge in [-0.3, -0.25) is 4.79 Å². The lowest BCUT2D eigenvalue weighted by Gasteiger charge is -2.26. The molecule has 5 nitrogen and oxygen atoms in total. The molecule has 0 saturated carbocycles. The molecule has 5 heteroatoms. The van der Waals surface area contributed by atoms with Gasteiger partial charge in [-0.2, -0.15) is 0 Å². The number of carbonyl (C=O) groups is 1. The monoisotopic (exact) mass is 249 g/mol. The standard InChI is InChI=1S/C13H15NO4/c14-12(15)7-13(16,11-8-17-9-18-11)6-10-4-2-1-3-5-10/h1-5,8,16H,6-7,9H2,(H2,14,15). The highest BCUT2D eigenvalue weighted by atomic mass is 16.7. The van der Waals surface area contributed by atoms with Gasteiger partial charge in [-0.1, -0.05) is 30.3 Å². The second kappa shape index (κ2) is 5.10. The Labute approximate surface area is 105 Å². The van der Waals surface area contributed by atoms with E-state index >= 15 is 0 Å². The second-order valence-electron chi connectivity index (χ2n) is 4.25. The maximum Gasteiger partial charge on any atom is 0.230 e. The maximum atomic E-state index is 11.1. The average molecular weight is 249 g/mol. The van der Waals surface area contributed by atoms with Crippen LogP contribution in [0.5, 0.6) is 0 Å². The minimum atomic E-state index is -1.45. The lowest BCUT2D eigenvalue weighted by Crippen LogP contribution is -2.39. The van der Waals surface area contributed by atoms with Crippen LogP contribution in [0.4, 0.5) is 0 Å². The summed E-state index contributed by atoms with van der Waals surface area (Å²) in [5.41, 5.74) is 4.61. The van der Waals surface area contributed by atoms with Gasteiger partial charge in [0.05, 0.1) is 6.42 Å². The Morgan fingerprint density at radius 1 is 1.39 bits per heavy atom. The molecule has 96 valence electrons. The van der Waals surface area contributed by atoms with Crippen molar-refractivity contribution in [3.05, 3.63) is 47.9 Å². The number of hydrogen-bond donors (Lipinski definition) is 2. The topological polar surface area (TPSA) is 81.8 Å². The van der Waals surface area contributed by atoms with E-state index in [0.717, 1.165) is 5.56 Å². The van der Waals surface area contributed by atoms with Crippen molar-refractivity contribution in [3.63, 3.8) is 0 Å². The van der Waals surface area contributed by atoms with Gasteiger partial charge in [-0.15, -0.1) is 0 Å². The van der Waals surface area contributed by atoms with Crippen molar-refractivity contribution in [3.8, 4) is 0 Å². The van der Waals surface area contributed by atoms with Crippen molar-refractivity contribution in [2.24, 2.45) is 5.73 Å². The van der Waals surface area contributed by atoms with Crippen LogP contribution in [0, 0.1) is 0 Å². The van der Waals surface area contributed by atoms with Gasteiger partial charge in [0.25, 0.3) is 0 Å². The Morgan fingerprint density at radius 2 is 2.11 bits per heavy atom. The van der Waals surface area contributed by atoms with Crippen molar-refractivity contribution < 1.29 is 19.4 Å². The summed E-state index contributed by atoms with van der Waals surface area (Å²) in [5.74, 6) is -0.352. The molecule has 0 aliphatic carbocycles. The van der Waals surface area contributed by atoms with E-state index in [1.807, 2.05) is 30.3 Å². The molecule has 0 bridgehead atoms. The van der Waals surface area contributed by atoms with Crippen LogP contribution in [0.1, 0.15) is 12.0 Å². The van der Waals surface area contributed by atoms with Gasteiger partial charge in [-0.25, -0.2) is 0 Å². The number of benzene rings is 1. The minimum absolute atomic E-state index is 0.0468. The molecule has 1 aromatic rings. The van der Waals surface area contributed by atoms with E-state index in [9.17, 15) is 9.90 Å². The van der Waals surface area contributed by atoms with Crippen LogP contribution in [0.3, 0.4) is 0 Å². The molecule has 1 aliphatic rings. The van der Waals surface area contributed by atoms with Gasteiger partial charge < -0.3 is 20.3 Å². The van der Waals surface area contributed by atoms with E-state index in [1.165, 1.54) is 6.26 Å². The number of nitrogens with two attached hydrogens (primary N) is 1. The lowest BCUT2D eigenvalue weighted by atomic mass is 9.89. The predicted octanol–water partition coefficient (Wildman–Crippen LogP) is 0.681. The quantitative estimate of drug-likeness (QED) is 0.804. The molecule has 0 fully saturated rings. The molecule has 1 aromatic carbocycles. The van der Waals surface area contributed by atoms with Crippen molar-refractivity contribution in [1.29, 1.82) is 0 Å². The number of primary amides is 1. The van der Waals surface area contributed by atoms with Gasteiger partial charge in [0, 0.05) is 6.42 Å². The highest BCUT2D eigenvalue weighted by molar-refractivity contribution is 5.75. The molecule has 1 heterocycles. The van der Waals surface area contributed by atoms with Gasteiger partial charge in [-0.05, 0) is 5.56 Å². The molecule has 0 saturated heterocycles. The summed E-state index contributed by atoms with van der Waals surface area (Å²) in [5, 5.41) is 10.6. The van der Waals surface area contributed by atoms with Crippen LogP contribution >= 0.6 is 0 Å². The van der Waals surface area contributed by atoms with E-state index in [2.05, 4.69) is 0 Å². The largest absolute Gasteiger partial charge is 0.461 e. The van der Waals surface area contributed by atoms with Crippen molar-refractivity contribution in [2.75, 3.05) is 6.79 Å². The number of carbonyl (C=O) groups excluding carboxylic acids is 1. The van der Waals surface area contributed by atoms with Crippen molar-refractivity contribution >= 4 is 5.91 Å². The first kappa shape index (κ1) is 12.4. The van der Waals surface area contributed by atoms with Crippen LogP contribution in [0.2, 0.25) is 0 Å². The fourth-order valence-corrected chi connectivity index (χ4v) is 1.94. The molecule has 1 atom stereocenters. The molecule has 2 rings (SSSR count). The third kappa shape index (κ3) is 2.81. The molecule has 0 aromatic heterocycles. The summed E-state index contributed by atoms with van der Waals surface area (Å²) in [6.45, 7) is 0.0468. The zero-order valence-electron chi connectivity index (χ0n) is 9.83. The smallest absolute Gasteiger partial charge is 0.230 e. The molecule has 1 aliphatic heterocycles. The highest BCUT2D eigenvalue weighted by Gasteiger charge is 2.37. The average Bonchev–Trinajstić information content (AvgIpc) is 2.83. The zero-order chi connectivity index (χ0) is 13.0. The fourth-order valence-electron chi connectivity index (χ4n) is 1.94. The third-order valence-electron chi connectivity index (χ3n) is 2.74. The second-order valence-corrected chi connectivity index (χ2v) is 4.25. The summed E-state index contributed by atoms with van der Waals surface area (Å²) in [6, 6.07) is 9.33. The molecule has 18 heavy (non-hydrogen) atoms. The summed E-state index contributed by atoms with van der Waals surface area (Å²) in [4.78, 5) is 11.1. The van der Waals surface area contributed by atoms with Crippen LogP contribution in [0.25, 0.3) is 0 Å². The normalized spacial score (nSPS) is 17.3. The Hall–Kier alpha value is -2.01. The number of hydrogen-bond acceptors (Lipinski definition) is 4. The molecular weight excluding hydrogens is 234 g/mol.